The molecule has 0 radical (unpaired) electrons. The van der Waals surface area contributed by atoms with E-state index < -0.39 is 0 Å². The first-order chi connectivity index (χ1) is 9.09. The monoisotopic (exact) mass is 284 g/mol. The standard InChI is InChI=1S/C15H25ClN2O/c1-13-12-14(6-7-15(13)16)19-11-5-9-17-8-4-10-18(2)3/h6-7,12,17H,4-5,8-11H2,1-3H3. The molecule has 0 spiro atoms. The van der Waals surface area contributed by atoms with Gasteiger partial charge in [0, 0.05) is 5.02 Å². The third kappa shape index (κ3) is 7.41. The van der Waals surface area contributed by atoms with Crippen molar-refractivity contribution in [3.05, 3.63) is 28.8 Å². The maximum Gasteiger partial charge on any atom is 0.119 e. The normalized spacial score (nSPS) is 11.0. The number of aryl methyl sites for hydroxylation is 1. The van der Waals surface area contributed by atoms with Crippen LogP contribution in [0.3, 0.4) is 0 Å². The molecule has 0 fully saturated rings. The zero-order valence-corrected chi connectivity index (χ0v) is 13.0. The van der Waals surface area contributed by atoms with Gasteiger partial charge in [0.2, 0.25) is 0 Å². The van der Waals surface area contributed by atoms with Crippen LogP contribution in [-0.2, 0) is 0 Å². The van der Waals surface area contributed by atoms with Gasteiger partial charge >= 0.3 is 0 Å². The van der Waals surface area contributed by atoms with E-state index in [0.717, 1.165) is 49.0 Å². The summed E-state index contributed by atoms with van der Waals surface area (Å²) in [7, 11) is 4.20. The number of rotatable bonds is 9. The van der Waals surface area contributed by atoms with Gasteiger partial charge in [-0.15, -0.1) is 0 Å². The average molecular weight is 285 g/mol. The first kappa shape index (κ1) is 16.3. The first-order valence-corrected chi connectivity index (χ1v) is 7.22. The summed E-state index contributed by atoms with van der Waals surface area (Å²) in [4.78, 5) is 2.20. The minimum atomic E-state index is 0.738. The molecule has 0 saturated carbocycles. The number of benzene rings is 1. The molecule has 0 heterocycles. The summed E-state index contributed by atoms with van der Waals surface area (Å²) in [6, 6.07) is 5.78. The van der Waals surface area contributed by atoms with Gasteiger partial charge < -0.3 is 15.0 Å². The fourth-order valence-electron chi connectivity index (χ4n) is 1.74. The molecule has 0 aliphatic carbocycles. The van der Waals surface area contributed by atoms with Crippen LogP contribution in [0.25, 0.3) is 0 Å². The second-order valence-corrected chi connectivity index (χ2v) is 5.43. The summed E-state index contributed by atoms with van der Waals surface area (Å²) in [5, 5.41) is 4.21. The highest BCUT2D eigenvalue weighted by molar-refractivity contribution is 6.31. The van der Waals surface area contributed by atoms with E-state index in [1.807, 2.05) is 25.1 Å². The fraction of sp³-hybridized carbons (Fsp3) is 0.600. The van der Waals surface area contributed by atoms with Gasteiger partial charge in [0.05, 0.1) is 6.61 Å². The predicted octanol–water partition coefficient (Wildman–Crippen LogP) is 2.96. The van der Waals surface area contributed by atoms with E-state index in [-0.39, 0.29) is 0 Å². The van der Waals surface area contributed by atoms with Crippen molar-refractivity contribution in [3.8, 4) is 5.75 Å². The van der Waals surface area contributed by atoms with Crippen LogP contribution in [0, 0.1) is 6.92 Å². The van der Waals surface area contributed by atoms with Crippen LogP contribution in [0.5, 0.6) is 5.75 Å². The van der Waals surface area contributed by atoms with Crippen molar-refractivity contribution in [1.82, 2.24) is 10.2 Å². The Morgan fingerprint density at radius 3 is 2.63 bits per heavy atom. The van der Waals surface area contributed by atoms with Gasteiger partial charge in [-0.1, -0.05) is 11.6 Å². The summed E-state index contributed by atoms with van der Waals surface area (Å²) in [6.07, 6.45) is 2.20. The lowest BCUT2D eigenvalue weighted by molar-refractivity contribution is 0.307. The number of hydrogen-bond acceptors (Lipinski definition) is 3. The molecule has 0 bridgehead atoms. The molecule has 19 heavy (non-hydrogen) atoms. The Morgan fingerprint density at radius 2 is 1.95 bits per heavy atom. The van der Waals surface area contributed by atoms with E-state index in [9.17, 15) is 0 Å². The van der Waals surface area contributed by atoms with Crippen LogP contribution in [0.4, 0.5) is 0 Å². The van der Waals surface area contributed by atoms with Crippen molar-refractivity contribution < 1.29 is 4.74 Å². The molecule has 1 N–H and O–H groups in total. The quantitative estimate of drug-likeness (QED) is 0.706. The summed E-state index contributed by atoms with van der Waals surface area (Å²) in [5.41, 5.74) is 1.06. The van der Waals surface area contributed by atoms with Crippen LogP contribution < -0.4 is 10.1 Å². The largest absolute Gasteiger partial charge is 0.494 e. The van der Waals surface area contributed by atoms with Crippen molar-refractivity contribution in [1.29, 1.82) is 0 Å². The van der Waals surface area contributed by atoms with Gasteiger partial charge in [0.15, 0.2) is 0 Å². The van der Waals surface area contributed by atoms with Crippen LogP contribution >= 0.6 is 11.6 Å². The van der Waals surface area contributed by atoms with E-state index in [2.05, 4.69) is 24.3 Å². The molecule has 0 aliphatic heterocycles. The van der Waals surface area contributed by atoms with Crippen molar-refractivity contribution in [2.24, 2.45) is 0 Å². The molecule has 3 nitrogen and oxygen atoms in total. The summed E-state index contributed by atoms with van der Waals surface area (Å²) >= 11 is 5.97. The molecule has 0 saturated heterocycles. The van der Waals surface area contributed by atoms with Gasteiger partial charge in [-0.2, -0.15) is 0 Å². The van der Waals surface area contributed by atoms with E-state index in [4.69, 9.17) is 16.3 Å². The molecule has 0 aliphatic rings. The van der Waals surface area contributed by atoms with Gasteiger partial charge in [-0.25, -0.2) is 0 Å². The van der Waals surface area contributed by atoms with Crippen LogP contribution in [0.1, 0.15) is 18.4 Å². The number of nitrogens with zero attached hydrogens (tertiary/aromatic N) is 1. The zero-order valence-electron chi connectivity index (χ0n) is 12.2. The van der Waals surface area contributed by atoms with Crippen molar-refractivity contribution in [3.63, 3.8) is 0 Å². The van der Waals surface area contributed by atoms with E-state index >= 15 is 0 Å². The molecule has 1 rings (SSSR count). The number of ether oxygens (including phenoxy) is 1. The van der Waals surface area contributed by atoms with Crippen LogP contribution in [0.15, 0.2) is 18.2 Å². The third-order valence-electron chi connectivity index (χ3n) is 2.85. The second kappa shape index (κ2) is 9.18. The van der Waals surface area contributed by atoms with Gasteiger partial charge in [-0.05, 0) is 77.3 Å². The van der Waals surface area contributed by atoms with E-state index in [0.29, 0.717) is 0 Å². The molecular formula is C15H25ClN2O. The van der Waals surface area contributed by atoms with Crippen LogP contribution in [-0.4, -0.2) is 45.2 Å². The Balaban J connectivity index is 2.03. The van der Waals surface area contributed by atoms with E-state index in [1.54, 1.807) is 0 Å². The molecule has 4 heteroatoms. The first-order valence-electron chi connectivity index (χ1n) is 6.84. The Bertz CT molecular complexity index is 369. The molecule has 0 unspecified atom stereocenters. The van der Waals surface area contributed by atoms with Crippen molar-refractivity contribution in [2.45, 2.75) is 19.8 Å². The molecule has 108 valence electrons. The van der Waals surface area contributed by atoms with E-state index in [1.165, 1.54) is 6.42 Å². The minimum absolute atomic E-state index is 0.738. The second-order valence-electron chi connectivity index (χ2n) is 5.02. The predicted molar refractivity (Wildman–Crippen MR) is 82.3 cm³/mol. The third-order valence-corrected chi connectivity index (χ3v) is 3.28. The smallest absolute Gasteiger partial charge is 0.119 e. The topological polar surface area (TPSA) is 24.5 Å². The van der Waals surface area contributed by atoms with Crippen LogP contribution in [0.2, 0.25) is 5.02 Å². The lowest BCUT2D eigenvalue weighted by Crippen LogP contribution is -2.23. The molecule has 1 aromatic carbocycles. The number of halogens is 1. The molecule has 0 aromatic heterocycles. The number of hydrogen-bond donors (Lipinski definition) is 1. The lowest BCUT2D eigenvalue weighted by Gasteiger charge is -2.10. The molecule has 1 aromatic rings. The minimum Gasteiger partial charge on any atom is -0.494 e. The Kier molecular flexibility index (Phi) is 7.87. The Labute approximate surface area is 121 Å². The summed E-state index contributed by atoms with van der Waals surface area (Å²) in [5.74, 6) is 0.898. The maximum absolute atomic E-state index is 5.97. The van der Waals surface area contributed by atoms with Crippen molar-refractivity contribution in [2.75, 3.05) is 40.3 Å². The fourth-order valence-corrected chi connectivity index (χ4v) is 1.86. The maximum atomic E-state index is 5.97. The molecule has 0 amide bonds. The van der Waals surface area contributed by atoms with Gasteiger partial charge in [0.1, 0.15) is 5.75 Å². The highest BCUT2D eigenvalue weighted by atomic mass is 35.5. The van der Waals surface area contributed by atoms with Gasteiger partial charge in [-0.3, -0.25) is 0 Å². The zero-order chi connectivity index (χ0) is 14.1. The SMILES string of the molecule is Cc1cc(OCCCNCCCN(C)C)ccc1Cl. The summed E-state index contributed by atoms with van der Waals surface area (Å²) in [6.45, 7) is 5.93. The molecule has 0 atom stereocenters. The van der Waals surface area contributed by atoms with Crippen molar-refractivity contribution >= 4 is 11.6 Å². The Morgan fingerprint density at radius 1 is 1.21 bits per heavy atom. The summed E-state index contributed by atoms with van der Waals surface area (Å²) < 4.78 is 5.68. The average Bonchev–Trinajstić information content (AvgIpc) is 2.36. The van der Waals surface area contributed by atoms with Gasteiger partial charge in [0.25, 0.3) is 0 Å². The highest BCUT2D eigenvalue weighted by Gasteiger charge is 1.98. The molecular weight excluding hydrogens is 260 g/mol. The Hall–Kier alpha value is -0.770. The lowest BCUT2D eigenvalue weighted by atomic mass is 10.2. The number of nitrogens with one attached hydrogen (secondary N) is 1. The highest BCUT2D eigenvalue weighted by Crippen LogP contribution is 2.20.